The highest BCUT2D eigenvalue weighted by molar-refractivity contribution is 5.28. The standard InChI is InChI=1S/C12H19NO/c1-5-10-13(6-2)11-8-7-9-12(3,4)14/h14H,5-6,10H2,1-4H3. The molecular formula is C12H19NO. The third-order valence-corrected chi connectivity index (χ3v) is 1.52. The highest BCUT2D eigenvalue weighted by atomic mass is 16.3. The maximum Gasteiger partial charge on any atom is 0.120 e. The molecule has 0 saturated carbocycles. The van der Waals surface area contributed by atoms with E-state index >= 15 is 0 Å². The second-order valence-electron chi connectivity index (χ2n) is 3.63. The van der Waals surface area contributed by atoms with Gasteiger partial charge in [-0.2, -0.15) is 0 Å². The third kappa shape index (κ3) is 7.53. The summed E-state index contributed by atoms with van der Waals surface area (Å²) in [5.74, 6) is 8.03. The van der Waals surface area contributed by atoms with Gasteiger partial charge >= 0.3 is 0 Å². The second-order valence-corrected chi connectivity index (χ2v) is 3.63. The average molecular weight is 193 g/mol. The lowest BCUT2D eigenvalue weighted by Gasteiger charge is -2.12. The van der Waals surface area contributed by atoms with Gasteiger partial charge in [-0.15, -0.1) is 0 Å². The van der Waals surface area contributed by atoms with Crippen molar-refractivity contribution in [3.05, 3.63) is 0 Å². The second kappa shape index (κ2) is 6.35. The summed E-state index contributed by atoms with van der Waals surface area (Å²) in [6.45, 7) is 9.34. The molecule has 2 heteroatoms. The molecule has 0 aromatic heterocycles. The molecule has 0 aromatic carbocycles. The van der Waals surface area contributed by atoms with E-state index in [-0.39, 0.29) is 0 Å². The first-order chi connectivity index (χ1) is 6.49. The molecule has 0 aliphatic heterocycles. The molecule has 0 amide bonds. The van der Waals surface area contributed by atoms with Crippen LogP contribution in [-0.4, -0.2) is 28.7 Å². The van der Waals surface area contributed by atoms with E-state index in [4.69, 9.17) is 0 Å². The van der Waals surface area contributed by atoms with Gasteiger partial charge in [0.1, 0.15) is 5.60 Å². The first kappa shape index (κ1) is 12.9. The van der Waals surface area contributed by atoms with Crippen LogP contribution in [0.2, 0.25) is 0 Å². The Bertz CT molecular complexity index is 267. The molecule has 0 aromatic rings. The molecule has 0 unspecified atom stereocenters. The van der Waals surface area contributed by atoms with E-state index in [9.17, 15) is 5.11 Å². The molecule has 0 aliphatic rings. The number of hydrogen-bond acceptors (Lipinski definition) is 2. The Balaban J connectivity index is 4.19. The van der Waals surface area contributed by atoms with Crippen LogP contribution in [0.5, 0.6) is 0 Å². The zero-order chi connectivity index (χ0) is 11.0. The minimum absolute atomic E-state index is 0.908. The molecule has 0 spiro atoms. The molecule has 14 heavy (non-hydrogen) atoms. The number of aliphatic hydroxyl groups is 1. The van der Waals surface area contributed by atoms with Crippen molar-refractivity contribution in [2.75, 3.05) is 13.1 Å². The Hall–Kier alpha value is -1.12. The number of nitrogens with zero attached hydrogens (tertiary/aromatic N) is 1. The topological polar surface area (TPSA) is 23.5 Å². The van der Waals surface area contributed by atoms with E-state index in [1.165, 1.54) is 0 Å². The van der Waals surface area contributed by atoms with Crippen molar-refractivity contribution in [1.82, 2.24) is 4.90 Å². The van der Waals surface area contributed by atoms with Crippen LogP contribution < -0.4 is 0 Å². The van der Waals surface area contributed by atoms with Gasteiger partial charge in [0.25, 0.3) is 0 Å². The van der Waals surface area contributed by atoms with Crippen molar-refractivity contribution in [3.8, 4) is 23.8 Å². The van der Waals surface area contributed by atoms with Gasteiger partial charge < -0.3 is 10.0 Å². The van der Waals surface area contributed by atoms with E-state index in [0.717, 1.165) is 19.5 Å². The summed E-state index contributed by atoms with van der Waals surface area (Å²) in [7, 11) is 0. The van der Waals surface area contributed by atoms with Crippen LogP contribution in [0.1, 0.15) is 34.1 Å². The number of hydrogen-bond donors (Lipinski definition) is 1. The summed E-state index contributed by atoms with van der Waals surface area (Å²) < 4.78 is 0. The predicted octanol–water partition coefficient (Wildman–Crippen LogP) is 1.45. The van der Waals surface area contributed by atoms with E-state index in [0.29, 0.717) is 0 Å². The Labute approximate surface area is 87.3 Å². The molecule has 0 atom stereocenters. The van der Waals surface area contributed by atoms with Crippen LogP contribution in [0.25, 0.3) is 0 Å². The molecule has 0 saturated heterocycles. The first-order valence-electron chi connectivity index (χ1n) is 4.99. The van der Waals surface area contributed by atoms with Gasteiger partial charge in [-0.05, 0) is 33.1 Å². The van der Waals surface area contributed by atoms with Gasteiger partial charge in [0.15, 0.2) is 0 Å². The number of rotatable bonds is 3. The van der Waals surface area contributed by atoms with Crippen LogP contribution in [-0.2, 0) is 0 Å². The Morgan fingerprint density at radius 2 is 1.86 bits per heavy atom. The summed E-state index contributed by atoms with van der Waals surface area (Å²) in [5.41, 5.74) is -0.948. The summed E-state index contributed by atoms with van der Waals surface area (Å²) >= 11 is 0. The van der Waals surface area contributed by atoms with Crippen molar-refractivity contribution >= 4 is 0 Å². The maximum absolute atomic E-state index is 9.29. The lowest BCUT2D eigenvalue weighted by Crippen LogP contribution is -2.17. The lowest BCUT2D eigenvalue weighted by atomic mass is 10.1. The Morgan fingerprint density at radius 3 is 2.29 bits per heavy atom. The zero-order valence-corrected chi connectivity index (χ0v) is 9.52. The monoisotopic (exact) mass is 193 g/mol. The maximum atomic E-state index is 9.29. The largest absolute Gasteiger partial charge is 0.378 e. The fourth-order valence-electron chi connectivity index (χ4n) is 0.854. The molecule has 0 fully saturated rings. The van der Waals surface area contributed by atoms with Crippen molar-refractivity contribution < 1.29 is 5.11 Å². The molecule has 0 heterocycles. The molecule has 78 valence electrons. The van der Waals surface area contributed by atoms with Gasteiger partial charge in [0, 0.05) is 25.1 Å². The summed E-state index contributed by atoms with van der Waals surface area (Å²) in [5, 5.41) is 9.29. The van der Waals surface area contributed by atoms with Crippen LogP contribution in [0.4, 0.5) is 0 Å². The molecule has 0 rings (SSSR count). The minimum Gasteiger partial charge on any atom is -0.378 e. The Morgan fingerprint density at radius 1 is 1.21 bits per heavy atom. The molecular weight excluding hydrogens is 174 g/mol. The lowest BCUT2D eigenvalue weighted by molar-refractivity contribution is 0.143. The van der Waals surface area contributed by atoms with Crippen LogP contribution in [0.15, 0.2) is 0 Å². The van der Waals surface area contributed by atoms with Crippen LogP contribution in [0.3, 0.4) is 0 Å². The Kier molecular flexibility index (Phi) is 5.84. The fourth-order valence-corrected chi connectivity index (χ4v) is 0.854. The minimum atomic E-state index is -0.948. The van der Waals surface area contributed by atoms with Crippen LogP contribution >= 0.6 is 0 Å². The van der Waals surface area contributed by atoms with Crippen molar-refractivity contribution in [2.24, 2.45) is 0 Å². The van der Waals surface area contributed by atoms with E-state index in [2.05, 4.69) is 37.7 Å². The van der Waals surface area contributed by atoms with Crippen LogP contribution in [0, 0.1) is 23.8 Å². The molecule has 0 radical (unpaired) electrons. The molecule has 0 bridgehead atoms. The highest BCUT2D eigenvalue weighted by Crippen LogP contribution is 1.95. The summed E-state index contributed by atoms with van der Waals surface area (Å²) in [4.78, 5) is 2.01. The predicted molar refractivity (Wildman–Crippen MR) is 59.4 cm³/mol. The van der Waals surface area contributed by atoms with Crippen molar-refractivity contribution in [2.45, 2.75) is 39.7 Å². The van der Waals surface area contributed by atoms with Gasteiger partial charge in [0.2, 0.25) is 0 Å². The smallest absolute Gasteiger partial charge is 0.120 e. The van der Waals surface area contributed by atoms with E-state index in [1.807, 2.05) is 4.90 Å². The summed E-state index contributed by atoms with van der Waals surface area (Å²) in [6, 6.07) is 2.94. The van der Waals surface area contributed by atoms with Gasteiger partial charge in [0.05, 0.1) is 0 Å². The fraction of sp³-hybridized carbons (Fsp3) is 0.667. The van der Waals surface area contributed by atoms with Gasteiger partial charge in [-0.1, -0.05) is 12.8 Å². The molecule has 1 N–H and O–H groups in total. The molecule has 2 nitrogen and oxygen atoms in total. The van der Waals surface area contributed by atoms with Crippen molar-refractivity contribution in [3.63, 3.8) is 0 Å². The molecule has 0 aliphatic carbocycles. The van der Waals surface area contributed by atoms with Gasteiger partial charge in [-0.3, -0.25) is 0 Å². The van der Waals surface area contributed by atoms with E-state index in [1.54, 1.807) is 13.8 Å². The summed E-state index contributed by atoms with van der Waals surface area (Å²) in [6.07, 6.45) is 1.08. The SMILES string of the molecule is CCCN(C#CC#CC(C)(C)O)CC. The van der Waals surface area contributed by atoms with Gasteiger partial charge in [-0.25, -0.2) is 0 Å². The average Bonchev–Trinajstić information content (AvgIpc) is 2.08. The normalized spacial score (nSPS) is 9.50. The third-order valence-electron chi connectivity index (χ3n) is 1.52. The van der Waals surface area contributed by atoms with E-state index < -0.39 is 5.60 Å². The highest BCUT2D eigenvalue weighted by Gasteiger charge is 2.04. The first-order valence-corrected chi connectivity index (χ1v) is 4.99. The van der Waals surface area contributed by atoms with Crippen molar-refractivity contribution in [1.29, 1.82) is 0 Å². The quantitative estimate of drug-likeness (QED) is 0.542. The zero-order valence-electron chi connectivity index (χ0n) is 9.52.